The number of nitrogens with zero attached hydrogens (tertiary/aromatic N) is 3. The first-order valence-corrected chi connectivity index (χ1v) is 9.47. The van der Waals surface area contributed by atoms with Crippen LogP contribution < -0.4 is 15.6 Å². The van der Waals surface area contributed by atoms with Crippen LogP contribution in [0.25, 0.3) is 16.6 Å². The summed E-state index contributed by atoms with van der Waals surface area (Å²) < 4.78 is 13.8. The minimum Gasteiger partial charge on any atom is -0.494 e. The fraction of sp³-hybridized carbons (Fsp3) is 0.286. The van der Waals surface area contributed by atoms with E-state index in [0.717, 1.165) is 16.8 Å². The number of rotatable bonds is 6. The van der Waals surface area contributed by atoms with Gasteiger partial charge in [0.05, 0.1) is 18.4 Å². The maximum atomic E-state index is 12.9. The summed E-state index contributed by atoms with van der Waals surface area (Å²) >= 11 is 0. The predicted octanol–water partition coefficient (Wildman–Crippen LogP) is 2.83. The lowest BCUT2D eigenvalue weighted by Gasteiger charge is -2.15. The Labute approximate surface area is 166 Å². The van der Waals surface area contributed by atoms with Crippen LogP contribution >= 0.6 is 0 Å². The number of amides is 1. The number of hydrogen-bond acceptors (Lipinski definition) is 5. The van der Waals surface area contributed by atoms with E-state index in [-0.39, 0.29) is 11.5 Å². The van der Waals surface area contributed by atoms with Crippen molar-refractivity contribution in [3.05, 3.63) is 64.4 Å². The first-order chi connectivity index (χ1) is 14.0. The van der Waals surface area contributed by atoms with Crippen LogP contribution in [0.4, 0.5) is 0 Å². The summed E-state index contributed by atoms with van der Waals surface area (Å²) in [6.07, 6.45) is 1.57. The third-order valence-corrected chi connectivity index (χ3v) is 4.87. The molecule has 0 aliphatic rings. The SMILES string of the molecule is CCOc1ccc(CNC(=O)[C@H](C)n2nc(C)n3c(cc4occc43)c2=O)cc1. The number of aromatic nitrogens is 3. The van der Waals surface area contributed by atoms with E-state index in [0.29, 0.717) is 30.1 Å². The molecule has 4 rings (SSSR count). The van der Waals surface area contributed by atoms with Gasteiger partial charge in [-0.2, -0.15) is 5.10 Å². The third-order valence-electron chi connectivity index (χ3n) is 4.87. The zero-order valence-electron chi connectivity index (χ0n) is 16.5. The number of carbonyl (C=O) groups excluding carboxylic acids is 1. The summed E-state index contributed by atoms with van der Waals surface area (Å²) in [5, 5.41) is 7.22. The summed E-state index contributed by atoms with van der Waals surface area (Å²) in [6.45, 7) is 6.33. The lowest BCUT2D eigenvalue weighted by atomic mass is 10.2. The van der Waals surface area contributed by atoms with Crippen molar-refractivity contribution in [3.8, 4) is 5.75 Å². The van der Waals surface area contributed by atoms with E-state index in [1.807, 2.05) is 31.2 Å². The zero-order chi connectivity index (χ0) is 20.5. The number of hydrogen-bond donors (Lipinski definition) is 1. The topological polar surface area (TPSA) is 90.8 Å². The number of carbonyl (C=O) groups is 1. The Bertz CT molecular complexity index is 1230. The van der Waals surface area contributed by atoms with Crippen LogP contribution in [0.5, 0.6) is 5.75 Å². The highest BCUT2D eigenvalue weighted by atomic mass is 16.5. The first-order valence-electron chi connectivity index (χ1n) is 9.47. The standard InChI is InChI=1S/C21H22N4O4/c1-4-28-16-7-5-15(6-8-16)12-22-20(26)13(2)25-21(27)18-11-19-17(9-10-29-19)24(18)14(3)23-25/h5-11,13H,4,12H2,1-3H3,(H,22,26)/t13-/m0/s1. The molecule has 29 heavy (non-hydrogen) atoms. The molecule has 4 aromatic rings. The van der Waals surface area contributed by atoms with E-state index in [9.17, 15) is 9.59 Å². The summed E-state index contributed by atoms with van der Waals surface area (Å²) in [4.78, 5) is 25.6. The minimum atomic E-state index is -0.755. The van der Waals surface area contributed by atoms with Crippen LogP contribution in [0.3, 0.4) is 0 Å². The molecule has 0 saturated carbocycles. The van der Waals surface area contributed by atoms with Gasteiger partial charge in [-0.15, -0.1) is 0 Å². The van der Waals surface area contributed by atoms with Gasteiger partial charge >= 0.3 is 0 Å². The van der Waals surface area contributed by atoms with Crippen molar-refractivity contribution in [1.29, 1.82) is 0 Å². The quantitative estimate of drug-likeness (QED) is 0.543. The Morgan fingerprint density at radius 3 is 2.72 bits per heavy atom. The molecule has 0 aliphatic carbocycles. The molecule has 3 aromatic heterocycles. The smallest absolute Gasteiger partial charge is 0.291 e. The van der Waals surface area contributed by atoms with E-state index in [1.54, 1.807) is 36.6 Å². The van der Waals surface area contributed by atoms with E-state index in [1.165, 1.54) is 4.68 Å². The van der Waals surface area contributed by atoms with Gasteiger partial charge in [0.25, 0.3) is 5.56 Å². The molecule has 0 aliphatic heterocycles. The second-order valence-corrected chi connectivity index (χ2v) is 6.80. The lowest BCUT2D eigenvalue weighted by molar-refractivity contribution is -0.124. The average molecular weight is 394 g/mol. The Morgan fingerprint density at radius 1 is 1.24 bits per heavy atom. The van der Waals surface area contributed by atoms with E-state index in [2.05, 4.69) is 10.4 Å². The van der Waals surface area contributed by atoms with Gasteiger partial charge in [-0.3, -0.25) is 14.0 Å². The predicted molar refractivity (Wildman–Crippen MR) is 108 cm³/mol. The second kappa shape index (κ2) is 7.46. The summed E-state index contributed by atoms with van der Waals surface area (Å²) in [6, 6.07) is 10.2. The molecule has 0 radical (unpaired) electrons. The van der Waals surface area contributed by atoms with Crippen LogP contribution in [0.2, 0.25) is 0 Å². The van der Waals surface area contributed by atoms with Crippen molar-refractivity contribution in [2.45, 2.75) is 33.4 Å². The average Bonchev–Trinajstić information content (AvgIpc) is 3.31. The number of nitrogens with one attached hydrogen (secondary N) is 1. The van der Waals surface area contributed by atoms with Crippen molar-refractivity contribution in [3.63, 3.8) is 0 Å². The maximum absolute atomic E-state index is 12.9. The number of aryl methyl sites for hydroxylation is 1. The molecule has 1 amide bonds. The molecule has 0 saturated heterocycles. The summed E-state index contributed by atoms with van der Waals surface area (Å²) in [5.74, 6) is 1.10. The Morgan fingerprint density at radius 2 is 2.00 bits per heavy atom. The maximum Gasteiger partial charge on any atom is 0.291 e. The molecule has 0 unspecified atom stereocenters. The van der Waals surface area contributed by atoms with Crippen molar-refractivity contribution in [2.75, 3.05) is 6.61 Å². The first kappa shape index (κ1) is 18.8. The number of fused-ring (bicyclic) bond motifs is 3. The highest BCUT2D eigenvalue weighted by Crippen LogP contribution is 2.20. The molecule has 150 valence electrons. The molecular weight excluding hydrogens is 372 g/mol. The van der Waals surface area contributed by atoms with E-state index < -0.39 is 6.04 Å². The molecule has 1 N–H and O–H groups in total. The van der Waals surface area contributed by atoms with Crippen LogP contribution in [-0.2, 0) is 11.3 Å². The van der Waals surface area contributed by atoms with Gasteiger partial charge < -0.3 is 14.5 Å². The largest absolute Gasteiger partial charge is 0.494 e. The van der Waals surface area contributed by atoms with E-state index in [4.69, 9.17) is 9.15 Å². The molecule has 0 bridgehead atoms. The monoisotopic (exact) mass is 394 g/mol. The minimum absolute atomic E-state index is 0.285. The van der Waals surface area contributed by atoms with Crippen LogP contribution in [0.1, 0.15) is 31.3 Å². The van der Waals surface area contributed by atoms with Crippen molar-refractivity contribution >= 4 is 22.5 Å². The van der Waals surface area contributed by atoms with Crippen molar-refractivity contribution < 1.29 is 13.9 Å². The third kappa shape index (κ3) is 3.37. The van der Waals surface area contributed by atoms with Crippen molar-refractivity contribution in [2.24, 2.45) is 0 Å². The van der Waals surface area contributed by atoms with Crippen LogP contribution in [-0.4, -0.2) is 26.7 Å². The van der Waals surface area contributed by atoms with Gasteiger partial charge in [0.15, 0.2) is 5.58 Å². The van der Waals surface area contributed by atoms with Crippen LogP contribution in [0.15, 0.2) is 51.9 Å². The number of furan rings is 1. The molecule has 1 aromatic carbocycles. The second-order valence-electron chi connectivity index (χ2n) is 6.80. The molecule has 1 atom stereocenters. The summed E-state index contributed by atoms with van der Waals surface area (Å²) in [5.41, 5.74) is 2.41. The highest BCUT2D eigenvalue weighted by molar-refractivity contribution is 5.83. The summed E-state index contributed by atoms with van der Waals surface area (Å²) in [7, 11) is 0. The molecule has 8 nitrogen and oxygen atoms in total. The molecule has 0 spiro atoms. The Hall–Kier alpha value is -3.55. The van der Waals surface area contributed by atoms with Crippen LogP contribution in [0, 0.1) is 6.92 Å². The number of ether oxygens (including phenoxy) is 1. The Balaban J connectivity index is 1.54. The number of benzene rings is 1. The van der Waals surface area contributed by atoms with Gasteiger partial charge in [-0.1, -0.05) is 12.1 Å². The molecule has 3 heterocycles. The molecule has 0 fully saturated rings. The van der Waals surface area contributed by atoms with Gasteiger partial charge in [0, 0.05) is 18.7 Å². The highest BCUT2D eigenvalue weighted by Gasteiger charge is 2.21. The van der Waals surface area contributed by atoms with Crippen molar-refractivity contribution in [1.82, 2.24) is 19.5 Å². The zero-order valence-corrected chi connectivity index (χ0v) is 16.5. The van der Waals surface area contributed by atoms with Gasteiger partial charge in [-0.05, 0) is 38.5 Å². The fourth-order valence-corrected chi connectivity index (χ4v) is 3.38. The normalized spacial score (nSPS) is 12.4. The van der Waals surface area contributed by atoms with Gasteiger partial charge in [0.1, 0.15) is 23.1 Å². The fourth-order valence-electron chi connectivity index (χ4n) is 3.38. The Kier molecular flexibility index (Phi) is 4.84. The molecule has 8 heteroatoms. The van der Waals surface area contributed by atoms with Gasteiger partial charge in [0.2, 0.25) is 5.91 Å². The molecular formula is C21H22N4O4. The lowest BCUT2D eigenvalue weighted by Crippen LogP contribution is -2.38. The van der Waals surface area contributed by atoms with E-state index >= 15 is 0 Å². The van der Waals surface area contributed by atoms with Gasteiger partial charge in [-0.25, -0.2) is 4.68 Å².